The summed E-state index contributed by atoms with van der Waals surface area (Å²) in [5.74, 6) is 0.217. The molecule has 2 aromatic rings. The Morgan fingerprint density at radius 3 is 2.52 bits per heavy atom. The summed E-state index contributed by atoms with van der Waals surface area (Å²) in [6.45, 7) is 3.18. The number of carbonyl (C=O) groups excluding carboxylic acids is 1. The van der Waals surface area contributed by atoms with Crippen LogP contribution in [0.4, 0.5) is 5.69 Å². The van der Waals surface area contributed by atoms with Crippen LogP contribution < -0.4 is 14.4 Å². The number of sulfonamides is 1. The number of hydrogen-bond acceptors (Lipinski definition) is 4. The molecule has 0 heterocycles. The molecule has 1 N–H and O–H groups in total. The molecule has 6 nitrogen and oxygen atoms in total. The first kappa shape index (κ1) is 21.1. The average molecular weight is 411 g/mol. The van der Waals surface area contributed by atoms with Crippen LogP contribution in [0.2, 0.25) is 5.02 Å². The number of benzene rings is 2. The molecule has 27 heavy (non-hydrogen) atoms. The van der Waals surface area contributed by atoms with Gasteiger partial charge in [0, 0.05) is 10.6 Å². The number of rotatable bonds is 7. The van der Waals surface area contributed by atoms with E-state index in [-0.39, 0.29) is 12.6 Å². The van der Waals surface area contributed by atoms with Gasteiger partial charge in [-0.3, -0.25) is 9.10 Å². The minimum atomic E-state index is -3.68. The van der Waals surface area contributed by atoms with Gasteiger partial charge in [-0.2, -0.15) is 0 Å². The molecule has 146 valence electrons. The monoisotopic (exact) mass is 410 g/mol. The average Bonchev–Trinajstić information content (AvgIpc) is 2.61. The van der Waals surface area contributed by atoms with Crippen molar-refractivity contribution in [1.82, 2.24) is 5.32 Å². The van der Waals surface area contributed by atoms with Crippen molar-refractivity contribution in [2.24, 2.45) is 0 Å². The van der Waals surface area contributed by atoms with Crippen LogP contribution in [0.5, 0.6) is 5.75 Å². The second kappa shape index (κ2) is 8.63. The molecule has 0 unspecified atom stereocenters. The first-order valence-electron chi connectivity index (χ1n) is 8.30. The molecule has 0 radical (unpaired) electrons. The van der Waals surface area contributed by atoms with Crippen LogP contribution >= 0.6 is 11.6 Å². The van der Waals surface area contributed by atoms with Crippen molar-refractivity contribution < 1.29 is 17.9 Å². The van der Waals surface area contributed by atoms with Gasteiger partial charge >= 0.3 is 0 Å². The molecular formula is C19H23ClN2O4S. The van der Waals surface area contributed by atoms with Gasteiger partial charge in [-0.15, -0.1) is 0 Å². The summed E-state index contributed by atoms with van der Waals surface area (Å²) in [5, 5.41) is 3.25. The van der Waals surface area contributed by atoms with Crippen molar-refractivity contribution in [2.75, 3.05) is 24.2 Å². The summed E-state index contributed by atoms with van der Waals surface area (Å²) in [5.41, 5.74) is 1.78. The van der Waals surface area contributed by atoms with E-state index >= 15 is 0 Å². The molecule has 8 heteroatoms. The summed E-state index contributed by atoms with van der Waals surface area (Å²) in [4.78, 5) is 12.6. The Balaban J connectivity index is 2.23. The molecule has 1 atom stereocenters. The number of halogens is 1. The molecule has 2 aromatic carbocycles. The van der Waals surface area contributed by atoms with Crippen LogP contribution in [0.15, 0.2) is 42.5 Å². The minimum absolute atomic E-state index is 0.348. The van der Waals surface area contributed by atoms with Crippen molar-refractivity contribution in [3.05, 3.63) is 58.6 Å². The van der Waals surface area contributed by atoms with Gasteiger partial charge in [-0.05, 0) is 37.6 Å². The molecular weight excluding hydrogens is 388 g/mol. The third kappa shape index (κ3) is 5.14. The zero-order chi connectivity index (χ0) is 20.2. The molecule has 0 fully saturated rings. The number of anilines is 1. The van der Waals surface area contributed by atoms with Crippen LogP contribution in [0.1, 0.15) is 24.1 Å². The fraction of sp³-hybridized carbons (Fsp3) is 0.316. The maximum Gasteiger partial charge on any atom is 0.241 e. The predicted molar refractivity (Wildman–Crippen MR) is 108 cm³/mol. The van der Waals surface area contributed by atoms with E-state index in [4.69, 9.17) is 16.3 Å². The second-order valence-electron chi connectivity index (χ2n) is 6.18. The van der Waals surface area contributed by atoms with Gasteiger partial charge in [-0.25, -0.2) is 8.42 Å². The Bertz CT molecular complexity index is 931. The maximum atomic E-state index is 12.6. The first-order chi connectivity index (χ1) is 12.6. The minimum Gasteiger partial charge on any atom is -0.496 e. The van der Waals surface area contributed by atoms with E-state index in [9.17, 15) is 13.2 Å². The smallest absolute Gasteiger partial charge is 0.241 e. The van der Waals surface area contributed by atoms with Crippen LogP contribution in [0.25, 0.3) is 0 Å². The zero-order valence-electron chi connectivity index (χ0n) is 15.7. The van der Waals surface area contributed by atoms with E-state index in [0.29, 0.717) is 22.0 Å². The second-order valence-corrected chi connectivity index (χ2v) is 8.50. The lowest BCUT2D eigenvalue weighted by Gasteiger charge is -2.25. The van der Waals surface area contributed by atoms with Gasteiger partial charge in [0.25, 0.3) is 0 Å². The normalized spacial score (nSPS) is 12.3. The fourth-order valence-corrected chi connectivity index (χ4v) is 3.84. The molecule has 0 saturated carbocycles. The topological polar surface area (TPSA) is 75.7 Å². The third-order valence-electron chi connectivity index (χ3n) is 4.18. The highest BCUT2D eigenvalue weighted by molar-refractivity contribution is 7.92. The lowest BCUT2D eigenvalue weighted by atomic mass is 10.1. The van der Waals surface area contributed by atoms with Gasteiger partial charge < -0.3 is 10.1 Å². The lowest BCUT2D eigenvalue weighted by molar-refractivity contribution is -0.120. The Morgan fingerprint density at radius 2 is 1.89 bits per heavy atom. The van der Waals surface area contributed by atoms with E-state index < -0.39 is 15.9 Å². The molecule has 0 aliphatic carbocycles. The van der Waals surface area contributed by atoms with Crippen molar-refractivity contribution >= 4 is 33.2 Å². The summed E-state index contributed by atoms with van der Waals surface area (Å²) in [6.07, 6.45) is 1.06. The van der Waals surface area contributed by atoms with Crippen molar-refractivity contribution in [1.29, 1.82) is 0 Å². The molecule has 1 amide bonds. The molecule has 0 aliphatic heterocycles. The molecule has 0 bridgehead atoms. The summed E-state index contributed by atoms with van der Waals surface area (Å²) < 4.78 is 30.9. The summed E-state index contributed by atoms with van der Waals surface area (Å²) >= 11 is 6.11. The molecule has 0 saturated heterocycles. The van der Waals surface area contributed by atoms with Gasteiger partial charge in [0.05, 0.1) is 25.1 Å². The van der Waals surface area contributed by atoms with E-state index in [1.54, 1.807) is 38.3 Å². The standard InChI is InChI=1S/C19H23ClN2O4S/c1-13-16(20)9-7-10-17(13)22(27(4,24)25)12-19(23)21-14(2)15-8-5-6-11-18(15)26-3/h5-11,14H,12H2,1-4H3,(H,21,23)/t14-/m0/s1. The van der Waals surface area contributed by atoms with Crippen molar-refractivity contribution in [3.8, 4) is 5.75 Å². The predicted octanol–water partition coefficient (Wildman–Crippen LogP) is 3.30. The number of carbonyl (C=O) groups is 1. The number of hydrogen-bond donors (Lipinski definition) is 1. The Kier molecular flexibility index (Phi) is 6.73. The number of amides is 1. The van der Waals surface area contributed by atoms with Gasteiger partial charge in [-0.1, -0.05) is 35.9 Å². The highest BCUT2D eigenvalue weighted by atomic mass is 35.5. The number of nitrogens with one attached hydrogen (secondary N) is 1. The molecule has 0 aliphatic rings. The molecule has 0 spiro atoms. The van der Waals surface area contributed by atoms with Crippen LogP contribution in [-0.2, 0) is 14.8 Å². The lowest BCUT2D eigenvalue weighted by Crippen LogP contribution is -2.41. The van der Waals surface area contributed by atoms with Crippen LogP contribution in [0.3, 0.4) is 0 Å². The summed E-state index contributed by atoms with van der Waals surface area (Å²) in [7, 11) is -2.12. The maximum absolute atomic E-state index is 12.6. The molecule has 2 rings (SSSR count). The van der Waals surface area contributed by atoms with Gasteiger partial charge in [0.1, 0.15) is 12.3 Å². The van der Waals surface area contributed by atoms with E-state index in [1.807, 2.05) is 25.1 Å². The number of ether oxygens (including phenoxy) is 1. The largest absolute Gasteiger partial charge is 0.496 e. The van der Waals surface area contributed by atoms with E-state index in [1.165, 1.54) is 0 Å². The van der Waals surface area contributed by atoms with E-state index in [0.717, 1.165) is 16.1 Å². The summed E-state index contributed by atoms with van der Waals surface area (Å²) in [6, 6.07) is 11.9. The van der Waals surface area contributed by atoms with Gasteiger partial charge in [0.2, 0.25) is 15.9 Å². The van der Waals surface area contributed by atoms with Crippen molar-refractivity contribution in [2.45, 2.75) is 19.9 Å². The zero-order valence-corrected chi connectivity index (χ0v) is 17.3. The highest BCUT2D eigenvalue weighted by Gasteiger charge is 2.24. The third-order valence-corrected chi connectivity index (χ3v) is 5.71. The number of methoxy groups -OCH3 is 1. The van der Waals surface area contributed by atoms with Crippen LogP contribution in [0, 0.1) is 6.92 Å². The molecule has 0 aromatic heterocycles. The Morgan fingerprint density at radius 1 is 1.22 bits per heavy atom. The van der Waals surface area contributed by atoms with Crippen molar-refractivity contribution in [3.63, 3.8) is 0 Å². The Labute approximate surface area is 165 Å². The van der Waals surface area contributed by atoms with Crippen LogP contribution in [-0.4, -0.2) is 34.2 Å². The SMILES string of the molecule is COc1ccccc1[C@H](C)NC(=O)CN(c1cccc(Cl)c1C)S(C)(=O)=O. The van der Waals surface area contributed by atoms with Gasteiger partial charge in [0.15, 0.2) is 0 Å². The quantitative estimate of drug-likeness (QED) is 0.759. The highest BCUT2D eigenvalue weighted by Crippen LogP contribution is 2.28. The first-order valence-corrected chi connectivity index (χ1v) is 10.5. The fourth-order valence-electron chi connectivity index (χ4n) is 2.77. The Hall–Kier alpha value is -2.25. The number of para-hydroxylation sites is 1. The van der Waals surface area contributed by atoms with E-state index in [2.05, 4.69) is 5.32 Å². The number of nitrogens with zero attached hydrogens (tertiary/aromatic N) is 1.